The van der Waals surface area contributed by atoms with Crippen LogP contribution in [0.25, 0.3) is 0 Å². The van der Waals surface area contributed by atoms with E-state index < -0.39 is 0 Å². The van der Waals surface area contributed by atoms with Gasteiger partial charge >= 0.3 is 0 Å². The number of halogens is 1. The number of aromatic nitrogens is 1. The highest BCUT2D eigenvalue weighted by Gasteiger charge is 2.14. The van der Waals surface area contributed by atoms with Crippen molar-refractivity contribution in [3.63, 3.8) is 0 Å². The fourth-order valence-corrected chi connectivity index (χ4v) is 1.84. The van der Waals surface area contributed by atoms with Gasteiger partial charge in [0.2, 0.25) is 0 Å². The highest BCUT2D eigenvalue weighted by Crippen LogP contribution is 2.22. The minimum atomic E-state index is -0.185. The van der Waals surface area contributed by atoms with Crippen molar-refractivity contribution >= 4 is 34.2 Å². The maximum atomic E-state index is 12.2. The Hall–Kier alpha value is -1.63. The van der Waals surface area contributed by atoms with Gasteiger partial charge in [0.05, 0.1) is 15.5 Å². The number of amides is 1. The zero-order chi connectivity index (χ0) is 13.1. The van der Waals surface area contributed by atoms with Gasteiger partial charge in [0.1, 0.15) is 5.75 Å². The summed E-state index contributed by atoms with van der Waals surface area (Å²) in [5.41, 5.74) is 1.15. The molecule has 0 unspecified atom stereocenters. The minimum Gasteiger partial charge on any atom is -0.507 e. The molecule has 1 heterocycles. The average molecular weight is 354 g/mol. The van der Waals surface area contributed by atoms with Gasteiger partial charge in [-0.15, -0.1) is 0 Å². The van der Waals surface area contributed by atoms with E-state index >= 15 is 0 Å². The number of aromatic hydroxyl groups is 1. The summed E-state index contributed by atoms with van der Waals surface area (Å²) in [5.74, 6) is -0.0734. The van der Waals surface area contributed by atoms with Crippen molar-refractivity contribution < 1.29 is 9.90 Å². The smallest absolute Gasteiger partial charge is 0.258 e. The predicted molar refractivity (Wildman–Crippen MR) is 77.8 cm³/mol. The molecular weight excluding hydrogens is 343 g/mol. The molecule has 1 aromatic carbocycles. The van der Waals surface area contributed by atoms with Gasteiger partial charge in [0.15, 0.2) is 0 Å². The van der Waals surface area contributed by atoms with E-state index in [9.17, 15) is 9.90 Å². The van der Waals surface area contributed by atoms with Gasteiger partial charge < -0.3 is 10.0 Å². The predicted octanol–water partition coefficient (Wildman–Crippen LogP) is 2.67. The lowest BCUT2D eigenvalue weighted by atomic mass is 10.2. The molecule has 1 N–H and O–H groups in total. The summed E-state index contributed by atoms with van der Waals surface area (Å²) < 4.78 is 0.716. The molecule has 0 aliphatic heterocycles. The van der Waals surface area contributed by atoms with Gasteiger partial charge in [-0.05, 0) is 52.9 Å². The molecule has 0 spiro atoms. The summed E-state index contributed by atoms with van der Waals surface area (Å²) in [6.07, 6.45) is 3.27. The fourth-order valence-electron chi connectivity index (χ4n) is 1.51. The van der Waals surface area contributed by atoms with E-state index in [1.165, 1.54) is 11.0 Å². The number of phenols is 1. The molecule has 1 aromatic heterocycles. The van der Waals surface area contributed by atoms with Crippen molar-refractivity contribution in [2.24, 2.45) is 0 Å². The molecule has 0 aliphatic rings. The SMILES string of the molecule is CN(C(=O)c1ccc(I)c(O)c1)c1cccnc1. The van der Waals surface area contributed by atoms with Crippen LogP contribution in [0.15, 0.2) is 42.7 Å². The molecule has 0 saturated heterocycles. The van der Waals surface area contributed by atoms with E-state index in [1.54, 1.807) is 43.7 Å². The number of phenolic OH excluding ortho intramolecular Hbond substituents is 1. The summed E-state index contributed by atoms with van der Waals surface area (Å²) in [4.78, 5) is 17.7. The standard InChI is InChI=1S/C13H11IN2O2/c1-16(10-3-2-6-15-8-10)13(18)9-4-5-11(14)12(17)7-9/h2-8,17H,1H3. The number of benzene rings is 1. The van der Waals surface area contributed by atoms with E-state index in [2.05, 4.69) is 4.98 Å². The monoisotopic (exact) mass is 354 g/mol. The average Bonchev–Trinajstić information content (AvgIpc) is 2.41. The number of nitrogens with zero attached hydrogens (tertiary/aromatic N) is 2. The molecule has 0 radical (unpaired) electrons. The summed E-state index contributed by atoms with van der Waals surface area (Å²) in [7, 11) is 1.67. The first-order valence-corrected chi connectivity index (χ1v) is 6.34. The maximum Gasteiger partial charge on any atom is 0.258 e. The van der Waals surface area contributed by atoms with Crippen LogP contribution in [0.5, 0.6) is 5.75 Å². The molecule has 92 valence electrons. The lowest BCUT2D eigenvalue weighted by Gasteiger charge is -2.17. The van der Waals surface area contributed by atoms with Crippen LogP contribution in [0.2, 0.25) is 0 Å². The minimum absolute atomic E-state index is 0.112. The van der Waals surface area contributed by atoms with Gasteiger partial charge in [-0.2, -0.15) is 0 Å². The third-order valence-electron chi connectivity index (χ3n) is 2.53. The molecule has 0 aliphatic carbocycles. The van der Waals surface area contributed by atoms with Crippen LogP contribution < -0.4 is 4.90 Å². The second-order valence-corrected chi connectivity index (χ2v) is 4.90. The quantitative estimate of drug-likeness (QED) is 0.844. The number of carbonyl (C=O) groups excluding carboxylic acids is 1. The second kappa shape index (κ2) is 5.34. The second-order valence-electron chi connectivity index (χ2n) is 3.74. The molecule has 18 heavy (non-hydrogen) atoms. The fraction of sp³-hybridized carbons (Fsp3) is 0.0769. The third-order valence-corrected chi connectivity index (χ3v) is 3.44. The van der Waals surface area contributed by atoms with Crippen molar-refractivity contribution in [3.05, 3.63) is 51.9 Å². The Morgan fingerprint density at radius 1 is 1.39 bits per heavy atom. The van der Waals surface area contributed by atoms with Crippen LogP contribution in [0, 0.1) is 3.57 Å². The molecule has 4 nitrogen and oxygen atoms in total. The highest BCUT2D eigenvalue weighted by atomic mass is 127. The number of hydrogen-bond donors (Lipinski definition) is 1. The van der Waals surface area contributed by atoms with Crippen LogP contribution in [0.1, 0.15) is 10.4 Å². The lowest BCUT2D eigenvalue weighted by Crippen LogP contribution is -2.26. The van der Waals surface area contributed by atoms with Crippen LogP contribution in [0.3, 0.4) is 0 Å². The first kappa shape index (κ1) is 12.8. The van der Waals surface area contributed by atoms with E-state index in [1.807, 2.05) is 22.6 Å². The van der Waals surface area contributed by atoms with Gasteiger partial charge in [-0.3, -0.25) is 9.78 Å². The lowest BCUT2D eigenvalue weighted by molar-refractivity contribution is 0.0992. The zero-order valence-electron chi connectivity index (χ0n) is 9.67. The van der Waals surface area contributed by atoms with Gasteiger partial charge in [-0.1, -0.05) is 0 Å². The Bertz CT molecular complexity index is 572. The van der Waals surface area contributed by atoms with E-state index in [0.717, 1.165) is 0 Å². The molecule has 0 fully saturated rings. The Kier molecular flexibility index (Phi) is 3.81. The van der Waals surface area contributed by atoms with Crippen molar-refractivity contribution in [1.82, 2.24) is 4.98 Å². The van der Waals surface area contributed by atoms with Gasteiger partial charge in [0, 0.05) is 18.8 Å². The van der Waals surface area contributed by atoms with Crippen molar-refractivity contribution in [3.8, 4) is 5.75 Å². The number of hydrogen-bond acceptors (Lipinski definition) is 3. The zero-order valence-corrected chi connectivity index (χ0v) is 11.8. The van der Waals surface area contributed by atoms with Crippen LogP contribution >= 0.6 is 22.6 Å². The van der Waals surface area contributed by atoms with Gasteiger partial charge in [0.25, 0.3) is 5.91 Å². The normalized spacial score (nSPS) is 10.1. The summed E-state index contributed by atoms with van der Waals surface area (Å²) in [6, 6.07) is 8.44. The Labute approximate surface area is 118 Å². The molecule has 5 heteroatoms. The Morgan fingerprint density at radius 2 is 2.17 bits per heavy atom. The number of pyridine rings is 1. The van der Waals surface area contributed by atoms with E-state index in [-0.39, 0.29) is 11.7 Å². The molecule has 0 saturated carbocycles. The number of carbonyl (C=O) groups is 1. The first-order valence-electron chi connectivity index (χ1n) is 5.26. The molecule has 0 atom stereocenters. The van der Waals surface area contributed by atoms with Crippen molar-refractivity contribution in [2.45, 2.75) is 0 Å². The summed E-state index contributed by atoms with van der Waals surface area (Å²) in [5, 5.41) is 9.61. The largest absolute Gasteiger partial charge is 0.507 e. The van der Waals surface area contributed by atoms with E-state index in [4.69, 9.17) is 0 Å². The van der Waals surface area contributed by atoms with E-state index in [0.29, 0.717) is 14.8 Å². The van der Waals surface area contributed by atoms with Crippen LogP contribution in [-0.4, -0.2) is 23.0 Å². The summed E-state index contributed by atoms with van der Waals surface area (Å²) in [6.45, 7) is 0. The molecule has 2 rings (SSSR count). The Morgan fingerprint density at radius 3 is 2.78 bits per heavy atom. The molecule has 2 aromatic rings. The maximum absolute atomic E-state index is 12.2. The van der Waals surface area contributed by atoms with Crippen molar-refractivity contribution in [2.75, 3.05) is 11.9 Å². The Balaban J connectivity index is 2.29. The van der Waals surface area contributed by atoms with Crippen LogP contribution in [0.4, 0.5) is 5.69 Å². The molecular formula is C13H11IN2O2. The highest BCUT2D eigenvalue weighted by molar-refractivity contribution is 14.1. The summed E-state index contributed by atoms with van der Waals surface area (Å²) >= 11 is 2.01. The van der Waals surface area contributed by atoms with Crippen LogP contribution in [-0.2, 0) is 0 Å². The van der Waals surface area contributed by atoms with Gasteiger partial charge in [-0.25, -0.2) is 0 Å². The molecule has 0 bridgehead atoms. The molecule has 1 amide bonds. The van der Waals surface area contributed by atoms with Crippen molar-refractivity contribution in [1.29, 1.82) is 0 Å². The third kappa shape index (κ3) is 2.61. The first-order chi connectivity index (χ1) is 8.59. The topological polar surface area (TPSA) is 53.4 Å². The number of rotatable bonds is 2. The number of anilines is 1.